The third-order valence-corrected chi connectivity index (χ3v) is 5.64. The van der Waals surface area contributed by atoms with Gasteiger partial charge >= 0.3 is 5.97 Å². The minimum atomic E-state index is -1.04. The fourth-order valence-electron chi connectivity index (χ4n) is 2.91. The molecule has 0 aromatic heterocycles. The van der Waals surface area contributed by atoms with Gasteiger partial charge in [-0.2, -0.15) is 0 Å². The zero-order chi connectivity index (χ0) is 16.9. The quantitative estimate of drug-likeness (QED) is 0.461. The largest absolute Gasteiger partial charge is 0.460 e. The predicted molar refractivity (Wildman–Crippen MR) is 87.6 cm³/mol. The van der Waals surface area contributed by atoms with Crippen LogP contribution >= 0.6 is 23.2 Å². The fourth-order valence-corrected chi connectivity index (χ4v) is 3.60. The SMILES string of the molecule is CC(=O)c1c(C)cc(C)c(COC(=O)C2(C)CC2(Cl)Cl)c1C. The first-order valence-electron chi connectivity index (χ1n) is 7.17. The van der Waals surface area contributed by atoms with Crippen molar-refractivity contribution in [3.8, 4) is 0 Å². The normalized spacial score (nSPS) is 22.3. The molecule has 1 fully saturated rings. The molecule has 1 unspecified atom stereocenters. The van der Waals surface area contributed by atoms with Gasteiger partial charge in [0.2, 0.25) is 0 Å². The van der Waals surface area contributed by atoms with Crippen LogP contribution in [0.2, 0.25) is 0 Å². The van der Waals surface area contributed by atoms with Gasteiger partial charge in [0.1, 0.15) is 16.4 Å². The van der Waals surface area contributed by atoms with Crippen LogP contribution in [-0.2, 0) is 16.1 Å². The van der Waals surface area contributed by atoms with Gasteiger partial charge in [-0.05, 0) is 56.9 Å². The van der Waals surface area contributed by atoms with E-state index in [4.69, 9.17) is 27.9 Å². The van der Waals surface area contributed by atoms with Crippen molar-refractivity contribution in [2.75, 3.05) is 0 Å². The number of aryl methyl sites for hydroxylation is 2. The first-order valence-corrected chi connectivity index (χ1v) is 7.92. The van der Waals surface area contributed by atoms with Gasteiger partial charge in [0.25, 0.3) is 0 Å². The minimum Gasteiger partial charge on any atom is -0.460 e. The standard InChI is InChI=1S/C17H20Cl2O3/c1-9-6-10(2)14(12(4)20)11(3)13(9)7-22-15(21)16(5)8-17(16,18)19/h6H,7-8H2,1-5H3. The Labute approximate surface area is 140 Å². The van der Waals surface area contributed by atoms with E-state index in [1.165, 1.54) is 0 Å². The lowest BCUT2D eigenvalue weighted by Gasteiger charge is -2.17. The second kappa shape index (κ2) is 5.54. The highest BCUT2D eigenvalue weighted by molar-refractivity contribution is 6.53. The number of hydrogen-bond acceptors (Lipinski definition) is 3. The number of rotatable bonds is 4. The third kappa shape index (κ3) is 2.77. The maximum atomic E-state index is 12.2. The molecule has 0 heterocycles. The van der Waals surface area contributed by atoms with Gasteiger partial charge in [-0.15, -0.1) is 23.2 Å². The molecule has 1 saturated carbocycles. The monoisotopic (exact) mass is 342 g/mol. The summed E-state index contributed by atoms with van der Waals surface area (Å²) in [5.41, 5.74) is 3.51. The molecule has 3 nitrogen and oxygen atoms in total. The van der Waals surface area contributed by atoms with Crippen LogP contribution in [0, 0.1) is 26.2 Å². The summed E-state index contributed by atoms with van der Waals surface area (Å²) in [5.74, 6) is -0.390. The van der Waals surface area contributed by atoms with Crippen LogP contribution in [0.5, 0.6) is 0 Å². The number of benzene rings is 1. The summed E-state index contributed by atoms with van der Waals surface area (Å²) >= 11 is 12.0. The molecule has 5 heteroatoms. The van der Waals surface area contributed by atoms with Crippen molar-refractivity contribution in [3.05, 3.63) is 33.9 Å². The van der Waals surface area contributed by atoms with Gasteiger partial charge in [0.05, 0.1) is 0 Å². The topological polar surface area (TPSA) is 43.4 Å². The molecule has 0 amide bonds. The molecule has 0 spiro atoms. The van der Waals surface area contributed by atoms with Gasteiger partial charge in [-0.1, -0.05) is 6.07 Å². The Balaban J connectivity index is 2.23. The molecule has 1 aromatic carbocycles. The second-order valence-corrected chi connectivity index (χ2v) is 7.82. The summed E-state index contributed by atoms with van der Waals surface area (Å²) < 4.78 is 4.37. The number of Topliss-reactive ketones (excluding diaryl/α,β-unsaturated/α-hetero) is 1. The molecule has 0 radical (unpaired) electrons. The second-order valence-electron chi connectivity index (χ2n) is 6.33. The molecule has 0 bridgehead atoms. The van der Waals surface area contributed by atoms with E-state index in [-0.39, 0.29) is 12.4 Å². The Hall–Kier alpha value is -1.06. The maximum Gasteiger partial charge on any atom is 0.315 e. The van der Waals surface area contributed by atoms with E-state index in [0.717, 1.165) is 22.3 Å². The highest BCUT2D eigenvalue weighted by atomic mass is 35.5. The lowest BCUT2D eigenvalue weighted by atomic mass is 9.92. The average Bonchev–Trinajstić information content (AvgIpc) is 2.88. The van der Waals surface area contributed by atoms with Gasteiger partial charge < -0.3 is 4.74 Å². The first-order chi connectivity index (χ1) is 10.0. The van der Waals surface area contributed by atoms with Crippen molar-refractivity contribution < 1.29 is 14.3 Å². The van der Waals surface area contributed by atoms with Crippen molar-refractivity contribution >= 4 is 35.0 Å². The zero-order valence-corrected chi connectivity index (χ0v) is 15.0. The molecule has 1 aliphatic carbocycles. The molecule has 0 saturated heterocycles. The summed E-state index contributed by atoms with van der Waals surface area (Å²) in [6.07, 6.45) is 0.395. The highest BCUT2D eigenvalue weighted by Gasteiger charge is 2.69. The number of halogens is 2. The van der Waals surface area contributed by atoms with Crippen molar-refractivity contribution in [2.45, 2.75) is 52.0 Å². The summed E-state index contributed by atoms with van der Waals surface area (Å²) in [6.45, 7) is 9.10. The third-order valence-electron chi connectivity index (χ3n) is 4.54. The molecule has 0 N–H and O–H groups in total. The Morgan fingerprint density at radius 2 is 1.77 bits per heavy atom. The van der Waals surface area contributed by atoms with Gasteiger partial charge in [0.15, 0.2) is 5.78 Å². The molecular weight excluding hydrogens is 323 g/mol. The minimum absolute atomic E-state index is 0.0114. The molecule has 120 valence electrons. The lowest BCUT2D eigenvalue weighted by molar-refractivity contribution is -0.150. The molecule has 22 heavy (non-hydrogen) atoms. The van der Waals surface area contributed by atoms with E-state index in [1.807, 2.05) is 26.8 Å². The lowest BCUT2D eigenvalue weighted by Crippen LogP contribution is -2.21. The first kappa shape index (κ1) is 17.3. The van der Waals surface area contributed by atoms with E-state index < -0.39 is 15.7 Å². The molecular formula is C17H20Cl2O3. The Bertz CT molecular complexity index is 664. The summed E-state index contributed by atoms with van der Waals surface area (Å²) in [4.78, 5) is 24.0. The maximum absolute atomic E-state index is 12.2. The van der Waals surface area contributed by atoms with Crippen LogP contribution in [0.3, 0.4) is 0 Å². The number of hydrogen-bond donors (Lipinski definition) is 0. The van der Waals surface area contributed by atoms with Crippen LogP contribution in [0.4, 0.5) is 0 Å². The highest BCUT2D eigenvalue weighted by Crippen LogP contribution is 2.64. The number of carbonyl (C=O) groups is 2. The summed E-state index contributed by atoms with van der Waals surface area (Å²) in [5, 5.41) is 0. The van der Waals surface area contributed by atoms with Crippen LogP contribution in [0.25, 0.3) is 0 Å². The van der Waals surface area contributed by atoms with Gasteiger partial charge in [-0.3, -0.25) is 9.59 Å². The van der Waals surface area contributed by atoms with Crippen molar-refractivity contribution in [3.63, 3.8) is 0 Å². The number of ketones is 1. The molecule has 1 aromatic rings. The summed E-state index contributed by atoms with van der Waals surface area (Å²) in [6, 6.07) is 1.94. The van der Waals surface area contributed by atoms with E-state index in [0.29, 0.717) is 12.0 Å². The number of esters is 1. The van der Waals surface area contributed by atoms with E-state index >= 15 is 0 Å². The van der Waals surface area contributed by atoms with Crippen LogP contribution < -0.4 is 0 Å². The molecule has 1 aliphatic rings. The van der Waals surface area contributed by atoms with Crippen molar-refractivity contribution in [1.29, 1.82) is 0 Å². The van der Waals surface area contributed by atoms with Crippen LogP contribution in [0.1, 0.15) is 52.9 Å². The Morgan fingerprint density at radius 1 is 1.23 bits per heavy atom. The number of carbonyl (C=O) groups excluding carboxylic acids is 2. The van der Waals surface area contributed by atoms with Gasteiger partial charge in [0, 0.05) is 12.0 Å². The Morgan fingerprint density at radius 3 is 2.23 bits per heavy atom. The summed E-state index contributed by atoms with van der Waals surface area (Å²) in [7, 11) is 0. The zero-order valence-electron chi connectivity index (χ0n) is 13.5. The van der Waals surface area contributed by atoms with E-state index in [2.05, 4.69) is 0 Å². The van der Waals surface area contributed by atoms with E-state index in [1.54, 1.807) is 13.8 Å². The molecule has 2 rings (SSSR count). The van der Waals surface area contributed by atoms with Crippen molar-refractivity contribution in [2.24, 2.45) is 5.41 Å². The van der Waals surface area contributed by atoms with Gasteiger partial charge in [-0.25, -0.2) is 0 Å². The number of ether oxygens (including phenoxy) is 1. The molecule has 1 atom stereocenters. The molecule has 0 aliphatic heterocycles. The fraction of sp³-hybridized carbons (Fsp3) is 0.529. The smallest absolute Gasteiger partial charge is 0.315 e. The predicted octanol–water partition coefficient (Wildman–Crippen LogP) is 4.44. The average molecular weight is 343 g/mol. The Kier molecular flexibility index (Phi) is 4.35. The van der Waals surface area contributed by atoms with Crippen molar-refractivity contribution in [1.82, 2.24) is 0 Å². The van der Waals surface area contributed by atoms with Crippen LogP contribution in [-0.4, -0.2) is 16.1 Å². The number of alkyl halides is 2. The van der Waals surface area contributed by atoms with E-state index in [9.17, 15) is 9.59 Å². The van der Waals surface area contributed by atoms with Crippen LogP contribution in [0.15, 0.2) is 6.07 Å².